The van der Waals surface area contributed by atoms with Crippen LogP contribution in [-0.2, 0) is 27.1 Å². The Morgan fingerprint density at radius 1 is 1.12 bits per heavy atom. The van der Waals surface area contributed by atoms with E-state index in [-0.39, 0.29) is 24.3 Å². The van der Waals surface area contributed by atoms with Crippen LogP contribution in [0.1, 0.15) is 23.9 Å². The number of imidazole rings is 1. The topological polar surface area (TPSA) is 109 Å². The number of hydrogen-bond donors (Lipinski definition) is 1. The van der Waals surface area contributed by atoms with Crippen molar-refractivity contribution in [3.63, 3.8) is 0 Å². The number of fused-ring (bicyclic) bond motifs is 1. The number of rotatable bonds is 7. The van der Waals surface area contributed by atoms with Crippen LogP contribution >= 0.6 is 0 Å². The van der Waals surface area contributed by atoms with Gasteiger partial charge < -0.3 is 9.84 Å². The van der Waals surface area contributed by atoms with Gasteiger partial charge in [0, 0.05) is 19.8 Å². The Balaban J connectivity index is 1.76. The Kier molecular flexibility index (Phi) is 5.94. The van der Waals surface area contributed by atoms with Crippen molar-refractivity contribution in [2.75, 3.05) is 6.61 Å². The van der Waals surface area contributed by atoms with Crippen LogP contribution in [0.25, 0.3) is 17.1 Å². The summed E-state index contributed by atoms with van der Waals surface area (Å²) >= 11 is 0. The van der Waals surface area contributed by atoms with Crippen LogP contribution in [0.2, 0.25) is 0 Å². The summed E-state index contributed by atoms with van der Waals surface area (Å²) in [6, 6.07) is 9.59. The maximum atomic E-state index is 13.0. The summed E-state index contributed by atoms with van der Waals surface area (Å²) in [6.45, 7) is 5.85. The molecule has 0 saturated heterocycles. The molecule has 1 N–H and O–H groups in total. The fourth-order valence-corrected chi connectivity index (χ4v) is 3.91. The van der Waals surface area contributed by atoms with Gasteiger partial charge in [-0.1, -0.05) is 19.1 Å². The molecule has 3 aromatic heterocycles. The molecule has 0 bridgehead atoms. The quantitative estimate of drug-likeness (QED) is 0.452. The molecule has 10 nitrogen and oxygen atoms in total. The van der Waals surface area contributed by atoms with Gasteiger partial charge in [-0.25, -0.2) is 9.48 Å². The van der Waals surface area contributed by atoms with Crippen molar-refractivity contribution < 1.29 is 9.84 Å². The van der Waals surface area contributed by atoms with Gasteiger partial charge in [0.15, 0.2) is 11.2 Å². The zero-order valence-electron chi connectivity index (χ0n) is 19.4. The zero-order valence-corrected chi connectivity index (χ0v) is 19.4. The highest BCUT2D eigenvalue weighted by molar-refractivity contribution is 5.72. The third-order valence-electron chi connectivity index (χ3n) is 5.67. The number of aliphatic hydroxyl groups excluding tert-OH is 1. The smallest absolute Gasteiger partial charge is 0.332 e. The molecule has 33 heavy (non-hydrogen) atoms. The van der Waals surface area contributed by atoms with Gasteiger partial charge in [-0.15, -0.1) is 0 Å². The summed E-state index contributed by atoms with van der Waals surface area (Å²) in [5, 5.41) is 15.3. The van der Waals surface area contributed by atoms with Crippen LogP contribution in [0.15, 0.2) is 39.9 Å². The van der Waals surface area contributed by atoms with Crippen molar-refractivity contribution in [2.24, 2.45) is 14.1 Å². The normalized spacial score (nSPS) is 12.4. The van der Waals surface area contributed by atoms with Gasteiger partial charge in [0.25, 0.3) is 5.56 Å². The Morgan fingerprint density at radius 3 is 2.55 bits per heavy atom. The van der Waals surface area contributed by atoms with Gasteiger partial charge in [0.2, 0.25) is 5.95 Å². The van der Waals surface area contributed by atoms with Gasteiger partial charge in [0.1, 0.15) is 18.5 Å². The second kappa shape index (κ2) is 8.70. The predicted octanol–water partition coefficient (Wildman–Crippen LogP) is 1.24. The summed E-state index contributed by atoms with van der Waals surface area (Å²) in [7, 11) is 2.98. The van der Waals surface area contributed by atoms with Crippen LogP contribution in [0, 0.1) is 13.8 Å². The van der Waals surface area contributed by atoms with E-state index in [4.69, 9.17) is 4.74 Å². The fraction of sp³-hybridized carbons (Fsp3) is 0.391. The SMILES string of the molecule is CCc1cccc(OCC(O)Cn2c(-n3nc(C)cc3C)nc3c2c(=O)n(C)c(=O)n3C)c1. The van der Waals surface area contributed by atoms with Crippen molar-refractivity contribution in [1.29, 1.82) is 0 Å². The molecule has 0 aliphatic carbocycles. The first-order chi connectivity index (χ1) is 15.7. The minimum Gasteiger partial charge on any atom is -0.491 e. The van der Waals surface area contributed by atoms with Crippen molar-refractivity contribution in [2.45, 2.75) is 39.8 Å². The predicted molar refractivity (Wildman–Crippen MR) is 124 cm³/mol. The lowest BCUT2D eigenvalue weighted by molar-refractivity contribution is 0.0931. The molecule has 0 radical (unpaired) electrons. The van der Waals surface area contributed by atoms with Gasteiger partial charge in [-0.05, 0) is 44.0 Å². The molecule has 0 aliphatic rings. The molecule has 3 heterocycles. The third kappa shape index (κ3) is 4.09. The van der Waals surface area contributed by atoms with Crippen LogP contribution in [0.5, 0.6) is 5.75 Å². The molecule has 0 saturated carbocycles. The Morgan fingerprint density at radius 2 is 1.88 bits per heavy atom. The summed E-state index contributed by atoms with van der Waals surface area (Å²) in [5.41, 5.74) is 2.22. The minimum absolute atomic E-state index is 0.0233. The van der Waals surface area contributed by atoms with E-state index in [1.54, 1.807) is 16.3 Å². The molecule has 0 aliphatic heterocycles. The maximum Gasteiger partial charge on any atom is 0.332 e. The van der Waals surface area contributed by atoms with Gasteiger partial charge in [0.05, 0.1) is 12.2 Å². The first-order valence-electron chi connectivity index (χ1n) is 10.8. The third-order valence-corrected chi connectivity index (χ3v) is 5.67. The number of benzene rings is 1. The van der Waals surface area contributed by atoms with Crippen LogP contribution in [0.4, 0.5) is 0 Å². The first-order valence-corrected chi connectivity index (χ1v) is 10.8. The van der Waals surface area contributed by atoms with E-state index in [0.29, 0.717) is 11.7 Å². The molecule has 1 aromatic carbocycles. The van der Waals surface area contributed by atoms with Gasteiger partial charge in [-0.3, -0.25) is 18.5 Å². The Hall–Kier alpha value is -3.66. The van der Waals surface area contributed by atoms with E-state index in [1.165, 1.54) is 11.6 Å². The number of ether oxygens (including phenoxy) is 1. The van der Waals surface area contributed by atoms with E-state index < -0.39 is 17.4 Å². The van der Waals surface area contributed by atoms with Crippen LogP contribution in [-0.4, -0.2) is 46.3 Å². The fourth-order valence-electron chi connectivity index (χ4n) is 3.91. The van der Waals surface area contributed by atoms with Gasteiger partial charge in [-0.2, -0.15) is 10.1 Å². The minimum atomic E-state index is -0.940. The molecule has 4 aromatic rings. The molecule has 0 spiro atoms. The number of hydrogen-bond acceptors (Lipinski definition) is 6. The summed E-state index contributed by atoms with van der Waals surface area (Å²) < 4.78 is 11.4. The molecule has 0 fully saturated rings. The summed E-state index contributed by atoms with van der Waals surface area (Å²) in [4.78, 5) is 30.1. The van der Waals surface area contributed by atoms with Crippen molar-refractivity contribution in [3.05, 3.63) is 68.1 Å². The zero-order chi connectivity index (χ0) is 23.9. The van der Waals surface area contributed by atoms with E-state index in [9.17, 15) is 14.7 Å². The largest absolute Gasteiger partial charge is 0.491 e. The second-order valence-electron chi connectivity index (χ2n) is 8.21. The highest BCUT2D eigenvalue weighted by Gasteiger charge is 2.23. The average Bonchev–Trinajstić information content (AvgIpc) is 3.33. The van der Waals surface area contributed by atoms with E-state index in [2.05, 4.69) is 17.0 Å². The van der Waals surface area contributed by atoms with Crippen molar-refractivity contribution >= 4 is 11.2 Å². The van der Waals surface area contributed by atoms with Crippen molar-refractivity contribution in [3.8, 4) is 11.7 Å². The molecule has 1 unspecified atom stereocenters. The number of aromatic nitrogens is 6. The van der Waals surface area contributed by atoms with Crippen molar-refractivity contribution in [1.82, 2.24) is 28.5 Å². The summed E-state index contributed by atoms with van der Waals surface area (Å²) in [5.74, 6) is 1.02. The molecule has 4 rings (SSSR count). The highest BCUT2D eigenvalue weighted by Crippen LogP contribution is 2.19. The van der Waals surface area contributed by atoms with Crippen LogP contribution in [0.3, 0.4) is 0 Å². The summed E-state index contributed by atoms with van der Waals surface area (Å²) in [6.07, 6.45) is -0.0558. The molecular weight excluding hydrogens is 424 g/mol. The van der Waals surface area contributed by atoms with E-state index in [1.807, 2.05) is 44.2 Å². The van der Waals surface area contributed by atoms with Gasteiger partial charge >= 0.3 is 5.69 Å². The molecule has 174 valence electrons. The number of nitrogens with zero attached hydrogens (tertiary/aromatic N) is 6. The number of aryl methyl sites for hydroxylation is 4. The molecule has 10 heteroatoms. The number of aliphatic hydroxyl groups is 1. The molecular formula is C23H28N6O4. The Bertz CT molecular complexity index is 1440. The van der Waals surface area contributed by atoms with E-state index in [0.717, 1.165) is 27.9 Å². The molecule has 1 atom stereocenters. The lowest BCUT2D eigenvalue weighted by Gasteiger charge is -2.16. The highest BCUT2D eigenvalue weighted by atomic mass is 16.5. The standard InChI is InChI=1S/C23H28N6O4/c1-6-16-8-7-9-18(11-16)33-13-17(30)12-28-19-20(26(4)23(32)27(5)21(19)31)24-22(28)29-15(3)10-14(2)25-29/h7-11,17,30H,6,12-13H2,1-5H3. The monoisotopic (exact) mass is 452 g/mol. The average molecular weight is 453 g/mol. The Labute approximate surface area is 190 Å². The lowest BCUT2D eigenvalue weighted by Crippen LogP contribution is -2.38. The first kappa shape index (κ1) is 22.5. The molecule has 0 amide bonds. The second-order valence-corrected chi connectivity index (χ2v) is 8.21. The van der Waals surface area contributed by atoms with Crippen LogP contribution < -0.4 is 16.0 Å². The lowest BCUT2D eigenvalue weighted by atomic mass is 10.2. The van der Waals surface area contributed by atoms with E-state index >= 15 is 0 Å². The maximum absolute atomic E-state index is 13.0.